The molecule has 1 aromatic carbocycles. The summed E-state index contributed by atoms with van der Waals surface area (Å²) in [7, 11) is 3.44. The van der Waals surface area contributed by atoms with Crippen molar-refractivity contribution < 1.29 is 14.3 Å². The lowest BCUT2D eigenvalue weighted by molar-refractivity contribution is -0.138. The molecule has 3 saturated heterocycles. The first kappa shape index (κ1) is 18.3. The number of amides is 2. The Balaban J connectivity index is 1.50. The molecule has 0 radical (unpaired) electrons. The minimum atomic E-state index is -0.299. The SMILES string of the molecule is COc1ccc(C2C(C(=O)N3CCC4(CCNC4)CC3)CC(=O)N2C)cc1. The fraction of sp³-hybridized carbons (Fsp3) is 0.619. The van der Waals surface area contributed by atoms with Gasteiger partial charge in [-0.15, -0.1) is 0 Å². The second kappa shape index (κ2) is 7.15. The molecule has 4 rings (SSSR count). The quantitative estimate of drug-likeness (QED) is 0.880. The third kappa shape index (κ3) is 3.31. The maximum atomic E-state index is 13.3. The van der Waals surface area contributed by atoms with Crippen molar-refractivity contribution in [2.24, 2.45) is 11.3 Å². The number of hydrogen-bond acceptors (Lipinski definition) is 4. The minimum absolute atomic E-state index is 0.0441. The lowest BCUT2D eigenvalue weighted by Crippen LogP contribution is -2.46. The van der Waals surface area contributed by atoms with Crippen molar-refractivity contribution in [2.75, 3.05) is 40.3 Å². The fourth-order valence-corrected chi connectivity index (χ4v) is 5.01. The molecule has 6 heteroatoms. The topological polar surface area (TPSA) is 61.9 Å². The van der Waals surface area contributed by atoms with Crippen LogP contribution in [0.25, 0.3) is 0 Å². The minimum Gasteiger partial charge on any atom is -0.497 e. The Kier molecular flexibility index (Phi) is 4.84. The molecule has 6 nitrogen and oxygen atoms in total. The average Bonchev–Trinajstić information content (AvgIpc) is 3.27. The lowest BCUT2D eigenvalue weighted by Gasteiger charge is -2.40. The molecular weight excluding hydrogens is 342 g/mol. The molecule has 1 spiro atoms. The Morgan fingerprint density at radius 3 is 2.48 bits per heavy atom. The number of piperidine rings is 1. The Morgan fingerprint density at radius 1 is 1.19 bits per heavy atom. The van der Waals surface area contributed by atoms with Crippen molar-refractivity contribution in [2.45, 2.75) is 31.7 Å². The van der Waals surface area contributed by atoms with Gasteiger partial charge < -0.3 is 19.9 Å². The fourth-order valence-electron chi connectivity index (χ4n) is 5.01. The van der Waals surface area contributed by atoms with Gasteiger partial charge in [-0.05, 0) is 48.9 Å². The molecule has 1 aromatic rings. The normalized spacial score (nSPS) is 27.4. The van der Waals surface area contributed by atoms with Crippen LogP contribution in [0.3, 0.4) is 0 Å². The van der Waals surface area contributed by atoms with Crippen molar-refractivity contribution in [3.63, 3.8) is 0 Å². The summed E-state index contributed by atoms with van der Waals surface area (Å²) in [6, 6.07) is 7.53. The van der Waals surface area contributed by atoms with Crippen LogP contribution in [-0.4, -0.2) is 62.0 Å². The predicted octanol–water partition coefficient (Wildman–Crippen LogP) is 1.82. The smallest absolute Gasteiger partial charge is 0.228 e. The van der Waals surface area contributed by atoms with Crippen LogP contribution in [-0.2, 0) is 9.59 Å². The molecule has 1 N–H and O–H groups in total. The van der Waals surface area contributed by atoms with E-state index in [-0.39, 0.29) is 23.8 Å². The zero-order valence-corrected chi connectivity index (χ0v) is 16.2. The van der Waals surface area contributed by atoms with Crippen molar-refractivity contribution in [1.82, 2.24) is 15.1 Å². The summed E-state index contributed by atoms with van der Waals surface area (Å²) in [5.74, 6) is 0.656. The van der Waals surface area contributed by atoms with Crippen molar-refractivity contribution in [3.8, 4) is 5.75 Å². The van der Waals surface area contributed by atoms with E-state index < -0.39 is 0 Å². The van der Waals surface area contributed by atoms with E-state index in [1.165, 1.54) is 6.42 Å². The summed E-state index contributed by atoms with van der Waals surface area (Å²) in [6.07, 6.45) is 3.65. The molecule has 146 valence electrons. The standard InChI is InChI=1S/C21H29N3O3/c1-23-18(25)13-17(19(23)15-3-5-16(27-2)6-4-15)20(26)24-11-8-21(9-12-24)7-10-22-14-21/h3-6,17,19,22H,7-14H2,1-2H3. The molecule has 2 atom stereocenters. The second-order valence-corrected chi connectivity index (χ2v) is 8.29. The number of carbonyl (C=O) groups excluding carboxylic acids is 2. The lowest BCUT2D eigenvalue weighted by atomic mass is 9.77. The Hall–Kier alpha value is -2.08. The average molecular weight is 371 g/mol. The maximum Gasteiger partial charge on any atom is 0.228 e. The van der Waals surface area contributed by atoms with Crippen LogP contribution in [0.2, 0.25) is 0 Å². The molecule has 3 aliphatic rings. The third-order valence-corrected chi connectivity index (χ3v) is 6.83. The van der Waals surface area contributed by atoms with Gasteiger partial charge in [0.25, 0.3) is 0 Å². The summed E-state index contributed by atoms with van der Waals surface area (Å²) >= 11 is 0. The Labute approximate surface area is 160 Å². The predicted molar refractivity (Wildman–Crippen MR) is 102 cm³/mol. The molecule has 27 heavy (non-hydrogen) atoms. The van der Waals surface area contributed by atoms with Gasteiger partial charge in [-0.1, -0.05) is 12.1 Å². The molecule has 2 amide bonds. The van der Waals surface area contributed by atoms with Crippen LogP contribution in [0.4, 0.5) is 0 Å². The summed E-state index contributed by atoms with van der Waals surface area (Å²) < 4.78 is 5.23. The number of ether oxygens (including phenoxy) is 1. The van der Waals surface area contributed by atoms with Crippen LogP contribution in [0.15, 0.2) is 24.3 Å². The third-order valence-electron chi connectivity index (χ3n) is 6.83. The Morgan fingerprint density at radius 2 is 1.89 bits per heavy atom. The number of nitrogens with zero attached hydrogens (tertiary/aromatic N) is 2. The van der Waals surface area contributed by atoms with E-state index in [0.29, 0.717) is 11.8 Å². The highest BCUT2D eigenvalue weighted by atomic mass is 16.5. The van der Waals surface area contributed by atoms with Gasteiger partial charge >= 0.3 is 0 Å². The first-order valence-corrected chi connectivity index (χ1v) is 9.92. The first-order valence-electron chi connectivity index (χ1n) is 9.92. The molecular formula is C21H29N3O3. The largest absolute Gasteiger partial charge is 0.497 e. The zero-order chi connectivity index (χ0) is 19.0. The highest BCUT2D eigenvalue weighted by Gasteiger charge is 2.46. The monoisotopic (exact) mass is 371 g/mol. The van der Waals surface area contributed by atoms with E-state index in [0.717, 1.165) is 50.3 Å². The van der Waals surface area contributed by atoms with Crippen molar-refractivity contribution in [3.05, 3.63) is 29.8 Å². The second-order valence-electron chi connectivity index (χ2n) is 8.29. The van der Waals surface area contributed by atoms with Gasteiger partial charge in [-0.2, -0.15) is 0 Å². The molecule has 0 aliphatic carbocycles. The summed E-state index contributed by atoms with van der Waals surface area (Å²) in [5, 5.41) is 3.47. The van der Waals surface area contributed by atoms with Gasteiger partial charge in [0.15, 0.2) is 0 Å². The van der Waals surface area contributed by atoms with E-state index in [1.54, 1.807) is 19.1 Å². The van der Waals surface area contributed by atoms with E-state index in [2.05, 4.69) is 5.32 Å². The molecule has 0 aromatic heterocycles. The molecule has 3 fully saturated rings. The molecule has 2 unspecified atom stereocenters. The van der Waals surface area contributed by atoms with E-state index in [1.807, 2.05) is 29.2 Å². The van der Waals surface area contributed by atoms with Gasteiger partial charge in [0, 0.05) is 33.1 Å². The van der Waals surface area contributed by atoms with Gasteiger partial charge in [-0.3, -0.25) is 9.59 Å². The van der Waals surface area contributed by atoms with Crippen LogP contribution < -0.4 is 10.1 Å². The van der Waals surface area contributed by atoms with E-state index in [4.69, 9.17) is 4.74 Å². The highest BCUT2D eigenvalue weighted by Crippen LogP contribution is 2.41. The number of carbonyl (C=O) groups is 2. The Bertz CT molecular complexity index is 702. The van der Waals surface area contributed by atoms with Crippen LogP contribution in [0.1, 0.15) is 37.3 Å². The molecule has 3 heterocycles. The van der Waals surface area contributed by atoms with E-state index in [9.17, 15) is 9.59 Å². The first-order chi connectivity index (χ1) is 13.0. The van der Waals surface area contributed by atoms with Crippen molar-refractivity contribution in [1.29, 1.82) is 0 Å². The van der Waals surface area contributed by atoms with Crippen LogP contribution in [0.5, 0.6) is 5.75 Å². The number of likely N-dealkylation sites (tertiary alicyclic amines) is 2. The summed E-state index contributed by atoms with van der Waals surface area (Å²) in [4.78, 5) is 29.4. The van der Waals surface area contributed by atoms with Crippen LogP contribution in [0, 0.1) is 11.3 Å². The molecule has 3 aliphatic heterocycles. The number of benzene rings is 1. The number of nitrogens with one attached hydrogen (secondary N) is 1. The number of hydrogen-bond donors (Lipinski definition) is 1. The van der Waals surface area contributed by atoms with Gasteiger partial charge in [0.05, 0.1) is 19.1 Å². The summed E-state index contributed by atoms with van der Waals surface area (Å²) in [5.41, 5.74) is 1.38. The summed E-state index contributed by atoms with van der Waals surface area (Å²) in [6.45, 7) is 3.79. The van der Waals surface area contributed by atoms with Gasteiger partial charge in [0.1, 0.15) is 5.75 Å². The number of methoxy groups -OCH3 is 1. The van der Waals surface area contributed by atoms with Crippen molar-refractivity contribution >= 4 is 11.8 Å². The highest BCUT2D eigenvalue weighted by molar-refractivity contribution is 5.90. The molecule has 0 bridgehead atoms. The van der Waals surface area contributed by atoms with Crippen LogP contribution >= 0.6 is 0 Å². The maximum absolute atomic E-state index is 13.3. The molecule has 0 saturated carbocycles. The van der Waals surface area contributed by atoms with Gasteiger partial charge in [0.2, 0.25) is 11.8 Å². The van der Waals surface area contributed by atoms with Gasteiger partial charge in [-0.25, -0.2) is 0 Å². The zero-order valence-electron chi connectivity index (χ0n) is 16.2. The van der Waals surface area contributed by atoms with E-state index >= 15 is 0 Å². The number of rotatable bonds is 3.